The Hall–Kier alpha value is -1.94. The van der Waals surface area contributed by atoms with E-state index in [1.54, 1.807) is 6.07 Å². The number of aliphatic carboxylic acids is 1. The van der Waals surface area contributed by atoms with Crippen LogP contribution in [0.2, 0.25) is 0 Å². The highest BCUT2D eigenvalue weighted by molar-refractivity contribution is 7.90. The molecule has 0 aliphatic rings. The van der Waals surface area contributed by atoms with Gasteiger partial charge in [-0.05, 0) is 17.7 Å². The number of carbonyl (C=O) groups is 1. The second-order valence-electron chi connectivity index (χ2n) is 3.40. The van der Waals surface area contributed by atoms with Gasteiger partial charge in [-0.25, -0.2) is 13.4 Å². The van der Waals surface area contributed by atoms with Crippen LogP contribution < -0.4 is 0 Å². The lowest BCUT2D eigenvalue weighted by Gasteiger charge is -2.02. The standard InChI is InChI=1S/C10H10N2O4S/c11-6-9-5-8(1-3-12-9)7-17(15,16)4-2-10(13)14/h1,3,5H,2,4,7H2,(H,13,14). The van der Waals surface area contributed by atoms with Gasteiger partial charge in [0.05, 0.1) is 17.9 Å². The number of nitrogens with zero attached hydrogens (tertiary/aromatic N) is 2. The van der Waals surface area contributed by atoms with Crippen molar-refractivity contribution in [2.75, 3.05) is 5.75 Å². The Morgan fingerprint density at radius 3 is 2.82 bits per heavy atom. The zero-order chi connectivity index (χ0) is 12.9. The van der Waals surface area contributed by atoms with Crippen molar-refractivity contribution in [3.05, 3.63) is 29.6 Å². The topological polar surface area (TPSA) is 108 Å². The average Bonchev–Trinajstić information content (AvgIpc) is 2.26. The molecule has 0 saturated carbocycles. The fourth-order valence-corrected chi connectivity index (χ4v) is 2.51. The minimum atomic E-state index is -3.47. The van der Waals surface area contributed by atoms with Crippen LogP contribution in [0.15, 0.2) is 18.3 Å². The van der Waals surface area contributed by atoms with Crippen LogP contribution in [0.3, 0.4) is 0 Å². The molecule has 0 aliphatic carbocycles. The second kappa shape index (κ2) is 5.41. The second-order valence-corrected chi connectivity index (χ2v) is 5.58. The summed E-state index contributed by atoms with van der Waals surface area (Å²) in [4.78, 5) is 14.0. The molecular weight excluding hydrogens is 244 g/mol. The minimum Gasteiger partial charge on any atom is -0.481 e. The molecule has 0 spiro atoms. The van der Waals surface area contributed by atoms with E-state index in [1.807, 2.05) is 0 Å². The molecular formula is C10H10N2O4S. The van der Waals surface area contributed by atoms with Gasteiger partial charge in [-0.15, -0.1) is 0 Å². The summed E-state index contributed by atoms with van der Waals surface area (Å²) < 4.78 is 23.1. The van der Waals surface area contributed by atoms with E-state index in [1.165, 1.54) is 18.3 Å². The molecule has 0 aliphatic heterocycles. The molecule has 1 heterocycles. The van der Waals surface area contributed by atoms with Crippen LogP contribution in [0.25, 0.3) is 0 Å². The predicted molar refractivity (Wildman–Crippen MR) is 58.7 cm³/mol. The van der Waals surface area contributed by atoms with Crippen LogP contribution in [0, 0.1) is 11.3 Å². The predicted octanol–water partition coefficient (Wildman–Crippen LogP) is 0.343. The lowest BCUT2D eigenvalue weighted by molar-refractivity contribution is -0.136. The molecule has 0 bridgehead atoms. The third-order valence-electron chi connectivity index (χ3n) is 1.95. The minimum absolute atomic E-state index is 0.135. The Bertz CT molecular complexity index is 560. The van der Waals surface area contributed by atoms with Crippen LogP contribution in [-0.2, 0) is 20.4 Å². The summed E-state index contributed by atoms with van der Waals surface area (Å²) in [6.07, 6.45) is 0.930. The van der Waals surface area contributed by atoms with Crippen molar-refractivity contribution in [2.24, 2.45) is 0 Å². The van der Waals surface area contributed by atoms with Gasteiger partial charge in [-0.2, -0.15) is 5.26 Å². The molecule has 1 rings (SSSR count). The summed E-state index contributed by atoms with van der Waals surface area (Å²) in [5.74, 6) is -1.84. The highest BCUT2D eigenvalue weighted by Crippen LogP contribution is 2.08. The number of carboxylic acids is 1. The van der Waals surface area contributed by atoms with Crippen molar-refractivity contribution in [3.63, 3.8) is 0 Å². The molecule has 0 aromatic carbocycles. The van der Waals surface area contributed by atoms with Crippen molar-refractivity contribution >= 4 is 15.8 Å². The quantitative estimate of drug-likeness (QED) is 0.811. The molecule has 90 valence electrons. The van der Waals surface area contributed by atoms with Gasteiger partial charge in [0, 0.05) is 6.20 Å². The van der Waals surface area contributed by atoms with E-state index in [-0.39, 0.29) is 11.4 Å². The first-order valence-electron chi connectivity index (χ1n) is 4.70. The Kier molecular flexibility index (Phi) is 4.17. The van der Waals surface area contributed by atoms with Crippen molar-refractivity contribution in [1.29, 1.82) is 5.26 Å². The molecule has 0 fully saturated rings. The molecule has 0 unspecified atom stereocenters. The molecule has 6 nitrogen and oxygen atoms in total. The number of nitriles is 1. The highest BCUT2D eigenvalue weighted by atomic mass is 32.2. The normalized spacial score (nSPS) is 10.8. The molecule has 1 N–H and O–H groups in total. The molecule has 1 aromatic rings. The monoisotopic (exact) mass is 254 g/mol. The summed E-state index contributed by atoms with van der Waals surface area (Å²) in [5, 5.41) is 17.0. The number of hydrogen-bond donors (Lipinski definition) is 1. The van der Waals surface area contributed by atoms with Gasteiger partial charge in [0.15, 0.2) is 9.84 Å². The highest BCUT2D eigenvalue weighted by Gasteiger charge is 2.14. The first kappa shape index (κ1) is 13.1. The maximum Gasteiger partial charge on any atom is 0.304 e. The molecule has 0 saturated heterocycles. The largest absolute Gasteiger partial charge is 0.481 e. The lowest BCUT2D eigenvalue weighted by Crippen LogP contribution is -2.13. The van der Waals surface area contributed by atoms with E-state index < -0.39 is 28.0 Å². The van der Waals surface area contributed by atoms with Gasteiger partial charge in [0.1, 0.15) is 11.8 Å². The van der Waals surface area contributed by atoms with Gasteiger partial charge in [-0.3, -0.25) is 4.79 Å². The van der Waals surface area contributed by atoms with Gasteiger partial charge >= 0.3 is 5.97 Å². The van der Waals surface area contributed by atoms with Gasteiger partial charge in [-0.1, -0.05) is 0 Å². The van der Waals surface area contributed by atoms with Crippen molar-refractivity contribution in [1.82, 2.24) is 4.98 Å². The van der Waals surface area contributed by atoms with Crippen LogP contribution >= 0.6 is 0 Å². The molecule has 17 heavy (non-hydrogen) atoms. The summed E-state index contributed by atoms with van der Waals surface area (Å²) >= 11 is 0. The van der Waals surface area contributed by atoms with Crippen LogP contribution in [-0.4, -0.2) is 30.2 Å². The average molecular weight is 254 g/mol. The summed E-state index contributed by atoms with van der Waals surface area (Å²) in [6, 6.07) is 4.66. The number of hydrogen-bond acceptors (Lipinski definition) is 5. The van der Waals surface area contributed by atoms with Crippen LogP contribution in [0.4, 0.5) is 0 Å². The Morgan fingerprint density at radius 2 is 2.24 bits per heavy atom. The Balaban J connectivity index is 2.76. The number of pyridine rings is 1. The molecule has 0 radical (unpaired) electrons. The van der Waals surface area contributed by atoms with Crippen LogP contribution in [0.5, 0.6) is 0 Å². The molecule has 0 amide bonds. The molecule has 0 atom stereocenters. The van der Waals surface area contributed by atoms with E-state index in [2.05, 4.69) is 4.98 Å². The van der Waals surface area contributed by atoms with Gasteiger partial charge < -0.3 is 5.11 Å². The summed E-state index contributed by atoms with van der Waals surface area (Å²) in [5.41, 5.74) is 0.567. The van der Waals surface area contributed by atoms with E-state index in [0.717, 1.165) is 0 Å². The van der Waals surface area contributed by atoms with E-state index in [0.29, 0.717) is 5.56 Å². The fraction of sp³-hybridized carbons (Fsp3) is 0.300. The Labute approximate surface area is 98.4 Å². The number of carboxylic acid groups (broad SMARTS) is 1. The fourth-order valence-electron chi connectivity index (χ4n) is 1.19. The number of aromatic nitrogens is 1. The first-order chi connectivity index (χ1) is 7.93. The number of rotatable bonds is 5. The van der Waals surface area contributed by atoms with E-state index in [4.69, 9.17) is 10.4 Å². The zero-order valence-corrected chi connectivity index (χ0v) is 9.64. The maximum atomic E-state index is 11.5. The van der Waals surface area contributed by atoms with Crippen molar-refractivity contribution < 1.29 is 18.3 Å². The smallest absolute Gasteiger partial charge is 0.304 e. The van der Waals surface area contributed by atoms with Gasteiger partial charge in [0.2, 0.25) is 0 Å². The van der Waals surface area contributed by atoms with Gasteiger partial charge in [0.25, 0.3) is 0 Å². The summed E-state index contributed by atoms with van der Waals surface area (Å²) in [7, 11) is -3.47. The Morgan fingerprint density at radius 1 is 1.53 bits per heavy atom. The van der Waals surface area contributed by atoms with E-state index >= 15 is 0 Å². The van der Waals surface area contributed by atoms with Crippen molar-refractivity contribution in [3.8, 4) is 6.07 Å². The first-order valence-corrected chi connectivity index (χ1v) is 6.52. The third-order valence-corrected chi connectivity index (χ3v) is 3.55. The number of sulfone groups is 1. The maximum absolute atomic E-state index is 11.5. The van der Waals surface area contributed by atoms with Crippen LogP contribution in [0.1, 0.15) is 17.7 Å². The van der Waals surface area contributed by atoms with Crippen molar-refractivity contribution in [2.45, 2.75) is 12.2 Å². The summed E-state index contributed by atoms with van der Waals surface area (Å²) in [6.45, 7) is 0. The molecule has 1 aromatic heterocycles. The van der Waals surface area contributed by atoms with E-state index in [9.17, 15) is 13.2 Å². The third kappa shape index (κ3) is 4.61. The molecule has 7 heteroatoms. The SMILES string of the molecule is N#Cc1cc(CS(=O)(=O)CCC(=O)O)ccn1. The zero-order valence-electron chi connectivity index (χ0n) is 8.83. The lowest BCUT2D eigenvalue weighted by atomic mass is 10.2.